The van der Waals surface area contributed by atoms with Crippen LogP contribution in [0.25, 0.3) is 0 Å². The van der Waals surface area contributed by atoms with Gasteiger partial charge >= 0.3 is 12.1 Å². The molecule has 1 aromatic rings. The zero-order valence-electron chi connectivity index (χ0n) is 13.2. The number of methoxy groups -OCH3 is 1. The first-order valence-corrected chi connectivity index (χ1v) is 6.91. The summed E-state index contributed by atoms with van der Waals surface area (Å²) in [6, 6.07) is 4.76. The van der Waals surface area contributed by atoms with Crippen LogP contribution in [0.15, 0.2) is 42.5 Å². The van der Waals surface area contributed by atoms with E-state index in [1.807, 2.05) is 5.32 Å². The quantitative estimate of drug-likeness (QED) is 0.745. The van der Waals surface area contributed by atoms with Crippen molar-refractivity contribution in [3.63, 3.8) is 0 Å². The van der Waals surface area contributed by atoms with E-state index in [-0.39, 0.29) is 6.42 Å². The molecule has 1 aromatic carbocycles. The van der Waals surface area contributed by atoms with Crippen LogP contribution in [-0.2, 0) is 19.9 Å². The standard InChI is InChI=1S/C16H18F3NO4/c1-10(2)9-12(13(21)22)20-14(23)15(24-3,16(17,18)19)11-7-5-4-6-8-11/h4-8,12H,1,9H2,2-3H3,(H,20,23)(H,21,22)/t12?,15-/m0/s1. The summed E-state index contributed by atoms with van der Waals surface area (Å²) >= 11 is 0. The van der Waals surface area contributed by atoms with Crippen molar-refractivity contribution in [1.82, 2.24) is 5.32 Å². The third kappa shape index (κ3) is 3.94. The van der Waals surface area contributed by atoms with E-state index in [9.17, 15) is 22.8 Å². The number of ether oxygens (including phenoxy) is 1. The molecule has 0 heterocycles. The normalized spacial score (nSPS) is 15.2. The zero-order valence-corrected chi connectivity index (χ0v) is 13.2. The molecule has 0 aliphatic heterocycles. The molecular formula is C16H18F3NO4. The number of hydrogen-bond acceptors (Lipinski definition) is 3. The maximum Gasteiger partial charge on any atom is 0.430 e. The summed E-state index contributed by atoms with van der Waals surface area (Å²) in [4.78, 5) is 23.6. The van der Waals surface area contributed by atoms with Crippen molar-refractivity contribution in [2.45, 2.75) is 31.2 Å². The van der Waals surface area contributed by atoms with Crippen molar-refractivity contribution in [3.8, 4) is 0 Å². The molecule has 0 aliphatic carbocycles. The number of carbonyl (C=O) groups is 2. The Hall–Kier alpha value is -2.35. The summed E-state index contributed by atoms with van der Waals surface area (Å²) in [5.74, 6) is -3.07. The molecule has 0 radical (unpaired) electrons. The number of rotatable bonds is 7. The van der Waals surface area contributed by atoms with E-state index < -0.39 is 35.3 Å². The van der Waals surface area contributed by atoms with Gasteiger partial charge in [0.25, 0.3) is 11.5 Å². The molecule has 24 heavy (non-hydrogen) atoms. The summed E-state index contributed by atoms with van der Waals surface area (Å²) in [6.07, 6.45) is -5.30. The van der Waals surface area contributed by atoms with Crippen LogP contribution >= 0.6 is 0 Å². The highest BCUT2D eigenvalue weighted by Crippen LogP contribution is 2.42. The smallest absolute Gasteiger partial charge is 0.430 e. The van der Waals surface area contributed by atoms with E-state index in [0.29, 0.717) is 5.57 Å². The third-order valence-electron chi connectivity index (χ3n) is 3.36. The molecule has 1 unspecified atom stereocenters. The number of amides is 1. The van der Waals surface area contributed by atoms with Gasteiger partial charge in [-0.25, -0.2) is 4.79 Å². The lowest BCUT2D eigenvalue weighted by molar-refractivity contribution is -0.266. The second-order valence-electron chi connectivity index (χ2n) is 5.27. The molecule has 0 saturated carbocycles. The van der Waals surface area contributed by atoms with Crippen LogP contribution in [0.3, 0.4) is 0 Å². The molecule has 2 N–H and O–H groups in total. The molecule has 8 heteroatoms. The largest absolute Gasteiger partial charge is 0.480 e. The maximum absolute atomic E-state index is 13.7. The Morgan fingerprint density at radius 1 is 1.29 bits per heavy atom. The first-order valence-electron chi connectivity index (χ1n) is 6.91. The fourth-order valence-electron chi connectivity index (χ4n) is 2.23. The third-order valence-corrected chi connectivity index (χ3v) is 3.36. The van der Waals surface area contributed by atoms with Gasteiger partial charge in [0.2, 0.25) is 0 Å². The molecule has 132 valence electrons. The number of carboxylic acids is 1. The second-order valence-corrected chi connectivity index (χ2v) is 5.27. The number of benzene rings is 1. The van der Waals surface area contributed by atoms with Gasteiger partial charge in [0.1, 0.15) is 6.04 Å². The summed E-state index contributed by atoms with van der Waals surface area (Å²) in [6.45, 7) is 5.01. The van der Waals surface area contributed by atoms with Crippen LogP contribution in [0.2, 0.25) is 0 Å². The predicted molar refractivity (Wildman–Crippen MR) is 80.2 cm³/mol. The Kier molecular flexibility index (Phi) is 6.14. The van der Waals surface area contributed by atoms with Crippen LogP contribution in [0, 0.1) is 0 Å². The number of halogens is 3. The second kappa shape index (κ2) is 7.48. The van der Waals surface area contributed by atoms with Gasteiger partial charge in [0.15, 0.2) is 0 Å². The number of carbonyl (C=O) groups excluding carboxylic acids is 1. The van der Waals surface area contributed by atoms with E-state index >= 15 is 0 Å². The van der Waals surface area contributed by atoms with Crippen LogP contribution < -0.4 is 5.32 Å². The number of nitrogens with one attached hydrogen (secondary N) is 1. The molecule has 0 bridgehead atoms. The van der Waals surface area contributed by atoms with Gasteiger partial charge in [0.05, 0.1) is 0 Å². The Morgan fingerprint density at radius 2 is 1.83 bits per heavy atom. The molecule has 2 atom stereocenters. The molecule has 1 amide bonds. The summed E-state index contributed by atoms with van der Waals surface area (Å²) < 4.78 is 45.6. The Bertz CT molecular complexity index is 615. The summed E-state index contributed by atoms with van der Waals surface area (Å²) in [7, 11) is 0.745. The van der Waals surface area contributed by atoms with Gasteiger partial charge in [0, 0.05) is 12.7 Å². The summed E-state index contributed by atoms with van der Waals surface area (Å²) in [5.41, 5.74) is -3.36. The van der Waals surface area contributed by atoms with Gasteiger partial charge in [-0.05, 0) is 13.3 Å². The minimum absolute atomic E-state index is 0.201. The number of hydrogen-bond donors (Lipinski definition) is 2. The van der Waals surface area contributed by atoms with Crippen molar-refractivity contribution in [1.29, 1.82) is 0 Å². The van der Waals surface area contributed by atoms with Gasteiger partial charge < -0.3 is 15.2 Å². The minimum Gasteiger partial charge on any atom is -0.480 e. The topological polar surface area (TPSA) is 75.6 Å². The van der Waals surface area contributed by atoms with Gasteiger partial charge in [-0.2, -0.15) is 13.2 Å². The van der Waals surface area contributed by atoms with Crippen LogP contribution in [0.5, 0.6) is 0 Å². The lowest BCUT2D eigenvalue weighted by Gasteiger charge is -2.34. The van der Waals surface area contributed by atoms with E-state index in [4.69, 9.17) is 5.11 Å². The van der Waals surface area contributed by atoms with Crippen LogP contribution in [0.1, 0.15) is 18.9 Å². The molecular weight excluding hydrogens is 327 g/mol. The van der Waals surface area contributed by atoms with E-state index in [0.717, 1.165) is 19.2 Å². The molecule has 5 nitrogen and oxygen atoms in total. The highest BCUT2D eigenvalue weighted by atomic mass is 19.4. The fourth-order valence-corrected chi connectivity index (χ4v) is 2.23. The number of aliphatic carboxylic acids is 1. The van der Waals surface area contributed by atoms with Crippen molar-refractivity contribution in [2.75, 3.05) is 7.11 Å². The monoisotopic (exact) mass is 345 g/mol. The van der Waals surface area contributed by atoms with E-state index in [2.05, 4.69) is 11.3 Å². The average Bonchev–Trinajstić information content (AvgIpc) is 2.47. The van der Waals surface area contributed by atoms with Crippen molar-refractivity contribution in [3.05, 3.63) is 48.0 Å². The first kappa shape index (κ1) is 19.7. The minimum atomic E-state index is -5.10. The first-order chi connectivity index (χ1) is 11.1. The SMILES string of the molecule is C=C(C)CC(NC(=O)[C@@](OC)(c1ccccc1)C(F)(F)F)C(=O)O. The lowest BCUT2D eigenvalue weighted by Crippen LogP contribution is -2.58. The van der Waals surface area contributed by atoms with Crippen molar-refractivity contribution in [2.24, 2.45) is 0 Å². The van der Waals surface area contributed by atoms with Gasteiger partial charge in [-0.3, -0.25) is 4.79 Å². The molecule has 0 aromatic heterocycles. The summed E-state index contributed by atoms with van der Waals surface area (Å²) in [5, 5.41) is 11.0. The average molecular weight is 345 g/mol. The highest BCUT2D eigenvalue weighted by Gasteiger charge is 2.63. The molecule has 0 aliphatic rings. The van der Waals surface area contributed by atoms with Crippen LogP contribution in [0.4, 0.5) is 13.2 Å². The van der Waals surface area contributed by atoms with Crippen molar-refractivity contribution >= 4 is 11.9 Å². The molecule has 1 rings (SSSR count). The zero-order chi connectivity index (χ0) is 18.5. The molecule has 0 saturated heterocycles. The predicted octanol–water partition coefficient (Wildman–Crippen LogP) is 2.63. The Morgan fingerprint density at radius 3 is 2.21 bits per heavy atom. The Labute approximate surface area is 137 Å². The maximum atomic E-state index is 13.7. The Balaban J connectivity index is 3.32. The highest BCUT2D eigenvalue weighted by molar-refractivity contribution is 5.91. The van der Waals surface area contributed by atoms with E-state index in [1.54, 1.807) is 0 Å². The molecule has 0 fully saturated rings. The van der Waals surface area contributed by atoms with E-state index in [1.165, 1.54) is 25.1 Å². The van der Waals surface area contributed by atoms with Crippen molar-refractivity contribution < 1.29 is 32.6 Å². The fraction of sp³-hybridized carbons (Fsp3) is 0.375. The van der Waals surface area contributed by atoms with Gasteiger partial charge in [-0.1, -0.05) is 35.9 Å². The van der Waals surface area contributed by atoms with Gasteiger partial charge in [-0.15, -0.1) is 6.58 Å². The number of alkyl halides is 3. The lowest BCUT2D eigenvalue weighted by atomic mass is 9.91. The van der Waals surface area contributed by atoms with Crippen LogP contribution in [-0.4, -0.2) is 36.3 Å². The number of carboxylic acid groups (broad SMARTS) is 1. The molecule has 0 spiro atoms.